The van der Waals surface area contributed by atoms with E-state index in [4.69, 9.17) is 0 Å². The monoisotopic (exact) mass is 305 g/mol. The number of nitrogens with one attached hydrogen (secondary N) is 1. The van der Waals surface area contributed by atoms with Gasteiger partial charge in [0.1, 0.15) is 5.82 Å². The molecule has 0 bridgehead atoms. The van der Waals surface area contributed by atoms with Crippen molar-refractivity contribution in [2.24, 2.45) is 0 Å². The maximum Gasteiger partial charge on any atom is 0.249 e. The Labute approximate surface area is 133 Å². The van der Waals surface area contributed by atoms with Crippen molar-refractivity contribution in [3.05, 3.63) is 78.5 Å². The summed E-state index contributed by atoms with van der Waals surface area (Å²) in [5.74, 6) is 0.396. The number of anilines is 1. The van der Waals surface area contributed by atoms with Crippen molar-refractivity contribution in [1.29, 1.82) is 0 Å². The molecule has 3 rings (SSSR count). The molecule has 0 unspecified atom stereocenters. The molecule has 0 saturated heterocycles. The normalized spacial score (nSPS) is 10.8. The fourth-order valence-corrected chi connectivity index (χ4v) is 2.05. The Morgan fingerprint density at radius 2 is 2.00 bits per heavy atom. The van der Waals surface area contributed by atoms with Gasteiger partial charge in [0, 0.05) is 24.5 Å². The molecule has 1 N–H and O–H groups in total. The molecule has 2 heterocycles. The Bertz CT molecular complexity index is 796. The van der Waals surface area contributed by atoms with Gasteiger partial charge in [-0.2, -0.15) is 5.10 Å². The molecule has 6 heteroatoms. The second-order valence-corrected chi connectivity index (χ2v) is 4.81. The Kier molecular flexibility index (Phi) is 4.54. The fourth-order valence-electron chi connectivity index (χ4n) is 2.05. The second kappa shape index (κ2) is 7.13. The molecular weight excluding hydrogens is 290 g/mol. The first-order valence-electron chi connectivity index (χ1n) is 7.12. The van der Waals surface area contributed by atoms with Crippen LogP contribution in [0.15, 0.2) is 67.3 Å². The molecule has 0 atom stereocenters. The van der Waals surface area contributed by atoms with E-state index in [9.17, 15) is 4.79 Å². The highest BCUT2D eigenvalue weighted by atomic mass is 16.1. The van der Waals surface area contributed by atoms with Crippen LogP contribution in [0, 0.1) is 0 Å². The SMILES string of the molecule is O=C(/C=C/c1cnccn1)Nc1ccnn1Cc1ccccc1. The van der Waals surface area contributed by atoms with E-state index in [2.05, 4.69) is 20.4 Å². The van der Waals surface area contributed by atoms with Gasteiger partial charge in [0.15, 0.2) is 0 Å². The Balaban J connectivity index is 1.65. The number of hydrogen-bond donors (Lipinski definition) is 1. The highest BCUT2D eigenvalue weighted by Gasteiger charge is 2.05. The second-order valence-electron chi connectivity index (χ2n) is 4.81. The summed E-state index contributed by atoms with van der Waals surface area (Å²) in [6.45, 7) is 0.595. The number of carbonyl (C=O) groups excluding carboxylic acids is 1. The third-order valence-corrected chi connectivity index (χ3v) is 3.13. The lowest BCUT2D eigenvalue weighted by atomic mass is 10.2. The highest BCUT2D eigenvalue weighted by Crippen LogP contribution is 2.10. The molecule has 0 spiro atoms. The summed E-state index contributed by atoms with van der Waals surface area (Å²) in [6.07, 6.45) is 9.44. The summed E-state index contributed by atoms with van der Waals surface area (Å²) >= 11 is 0. The van der Waals surface area contributed by atoms with Gasteiger partial charge in [-0.1, -0.05) is 30.3 Å². The maximum atomic E-state index is 12.0. The topological polar surface area (TPSA) is 72.7 Å². The first kappa shape index (κ1) is 14.6. The summed E-state index contributed by atoms with van der Waals surface area (Å²) in [5, 5.41) is 7.05. The van der Waals surface area contributed by atoms with E-state index in [1.54, 1.807) is 41.6 Å². The van der Waals surface area contributed by atoms with Crippen LogP contribution in [0.25, 0.3) is 6.08 Å². The van der Waals surface area contributed by atoms with Crippen molar-refractivity contribution >= 4 is 17.8 Å². The van der Waals surface area contributed by atoms with Crippen molar-refractivity contribution in [3.63, 3.8) is 0 Å². The number of rotatable bonds is 5. The van der Waals surface area contributed by atoms with Crippen LogP contribution in [0.3, 0.4) is 0 Å². The molecule has 0 aliphatic heterocycles. The van der Waals surface area contributed by atoms with Crippen LogP contribution in [-0.4, -0.2) is 25.7 Å². The van der Waals surface area contributed by atoms with E-state index in [1.807, 2.05) is 30.3 Å². The fraction of sp³-hybridized carbons (Fsp3) is 0.0588. The molecule has 0 aliphatic carbocycles. The maximum absolute atomic E-state index is 12.0. The minimum absolute atomic E-state index is 0.245. The highest BCUT2D eigenvalue weighted by molar-refractivity contribution is 6.01. The lowest BCUT2D eigenvalue weighted by Gasteiger charge is -2.07. The van der Waals surface area contributed by atoms with Crippen LogP contribution in [0.5, 0.6) is 0 Å². The Hall–Kier alpha value is -3.28. The van der Waals surface area contributed by atoms with E-state index in [0.29, 0.717) is 18.1 Å². The molecule has 23 heavy (non-hydrogen) atoms. The van der Waals surface area contributed by atoms with Crippen LogP contribution >= 0.6 is 0 Å². The van der Waals surface area contributed by atoms with E-state index in [-0.39, 0.29) is 5.91 Å². The molecule has 0 radical (unpaired) electrons. The molecule has 1 aromatic carbocycles. The standard InChI is InChI=1S/C17H15N5O/c23-17(7-6-15-12-18-10-11-19-15)21-16-8-9-20-22(16)13-14-4-2-1-3-5-14/h1-12H,13H2,(H,21,23)/b7-6+. The van der Waals surface area contributed by atoms with Crippen LogP contribution in [-0.2, 0) is 11.3 Å². The Morgan fingerprint density at radius 1 is 1.13 bits per heavy atom. The smallest absolute Gasteiger partial charge is 0.249 e. The first-order chi connectivity index (χ1) is 11.3. The lowest BCUT2D eigenvalue weighted by Crippen LogP contribution is -2.13. The van der Waals surface area contributed by atoms with Crippen LogP contribution < -0.4 is 5.32 Å². The molecule has 1 amide bonds. The van der Waals surface area contributed by atoms with Crippen molar-refractivity contribution < 1.29 is 4.79 Å². The van der Waals surface area contributed by atoms with Gasteiger partial charge in [0.05, 0.1) is 24.6 Å². The molecule has 6 nitrogen and oxygen atoms in total. The van der Waals surface area contributed by atoms with Crippen LogP contribution in [0.4, 0.5) is 5.82 Å². The van der Waals surface area contributed by atoms with Gasteiger partial charge in [-0.3, -0.25) is 14.8 Å². The van der Waals surface area contributed by atoms with E-state index in [0.717, 1.165) is 5.56 Å². The largest absolute Gasteiger partial charge is 0.307 e. The lowest BCUT2D eigenvalue weighted by molar-refractivity contribution is -0.111. The van der Waals surface area contributed by atoms with Gasteiger partial charge in [0.2, 0.25) is 5.91 Å². The Morgan fingerprint density at radius 3 is 2.78 bits per heavy atom. The zero-order chi connectivity index (χ0) is 15.9. The number of nitrogens with zero attached hydrogens (tertiary/aromatic N) is 4. The molecule has 0 saturated carbocycles. The van der Waals surface area contributed by atoms with Crippen molar-refractivity contribution in [2.45, 2.75) is 6.54 Å². The summed E-state index contributed by atoms with van der Waals surface area (Å²) in [5.41, 5.74) is 1.74. The van der Waals surface area contributed by atoms with Crippen molar-refractivity contribution in [2.75, 3.05) is 5.32 Å². The van der Waals surface area contributed by atoms with Crippen LogP contribution in [0.1, 0.15) is 11.3 Å². The summed E-state index contributed by atoms with van der Waals surface area (Å²) < 4.78 is 1.74. The average Bonchev–Trinajstić information content (AvgIpc) is 3.02. The minimum atomic E-state index is -0.245. The molecule has 0 fully saturated rings. The third-order valence-electron chi connectivity index (χ3n) is 3.13. The number of amides is 1. The number of carbonyl (C=O) groups is 1. The summed E-state index contributed by atoms with van der Waals surface area (Å²) in [4.78, 5) is 20.0. The molecule has 0 aliphatic rings. The van der Waals surface area contributed by atoms with Gasteiger partial charge in [-0.05, 0) is 11.6 Å². The zero-order valence-corrected chi connectivity index (χ0v) is 12.3. The van der Waals surface area contributed by atoms with Gasteiger partial charge < -0.3 is 5.32 Å². The molecule has 114 valence electrons. The third kappa shape index (κ3) is 4.10. The van der Waals surface area contributed by atoms with Gasteiger partial charge >= 0.3 is 0 Å². The average molecular weight is 305 g/mol. The number of aromatic nitrogens is 4. The molecule has 2 aromatic heterocycles. The first-order valence-corrected chi connectivity index (χ1v) is 7.12. The van der Waals surface area contributed by atoms with Gasteiger partial charge in [0.25, 0.3) is 0 Å². The number of hydrogen-bond acceptors (Lipinski definition) is 4. The summed E-state index contributed by atoms with van der Waals surface area (Å²) in [7, 11) is 0. The quantitative estimate of drug-likeness (QED) is 0.735. The molecule has 3 aromatic rings. The van der Waals surface area contributed by atoms with Crippen molar-refractivity contribution in [3.8, 4) is 0 Å². The van der Waals surface area contributed by atoms with Gasteiger partial charge in [-0.25, -0.2) is 4.68 Å². The van der Waals surface area contributed by atoms with Gasteiger partial charge in [-0.15, -0.1) is 0 Å². The zero-order valence-electron chi connectivity index (χ0n) is 12.3. The summed E-state index contributed by atoms with van der Waals surface area (Å²) in [6, 6.07) is 11.7. The van der Waals surface area contributed by atoms with E-state index >= 15 is 0 Å². The predicted molar refractivity (Wildman–Crippen MR) is 87.5 cm³/mol. The minimum Gasteiger partial charge on any atom is -0.307 e. The van der Waals surface area contributed by atoms with E-state index in [1.165, 1.54) is 6.08 Å². The van der Waals surface area contributed by atoms with Crippen molar-refractivity contribution in [1.82, 2.24) is 19.7 Å². The van der Waals surface area contributed by atoms with E-state index < -0.39 is 0 Å². The predicted octanol–water partition coefficient (Wildman–Crippen LogP) is 2.37. The van der Waals surface area contributed by atoms with Crippen LogP contribution in [0.2, 0.25) is 0 Å². The molecular formula is C17H15N5O. The number of benzene rings is 1.